The van der Waals surface area contributed by atoms with Crippen LogP contribution in [0.3, 0.4) is 0 Å². The Bertz CT molecular complexity index is 957. The fourth-order valence-corrected chi connectivity index (χ4v) is 7.36. The van der Waals surface area contributed by atoms with Crippen LogP contribution in [-0.4, -0.2) is 29.5 Å². The molecule has 0 amide bonds. The molecule has 0 heterocycles. The van der Waals surface area contributed by atoms with E-state index in [1.165, 1.54) is 6.07 Å². The number of carbonyl (C=O) groups is 1. The minimum absolute atomic E-state index is 0. The summed E-state index contributed by atoms with van der Waals surface area (Å²) < 4.78 is 26.9. The van der Waals surface area contributed by atoms with E-state index in [0.29, 0.717) is 12.0 Å². The van der Waals surface area contributed by atoms with Crippen LogP contribution in [0.1, 0.15) is 90.2 Å². The molecule has 0 fully saturated rings. The SMILES string of the molecule is CCC1(CC)CC(c2ccc(F)c(C)c2)=C(CCP(=O)([O-])C[C@H](O)CC(=O)[O-])C(CC)(CC)C1.[Li+].[Li+]. The first kappa shape index (κ1) is 35.7. The van der Waals surface area contributed by atoms with Crippen molar-refractivity contribution in [3.63, 3.8) is 0 Å². The molecule has 1 N–H and O–H groups in total. The Morgan fingerprint density at radius 1 is 1.14 bits per heavy atom. The molecule has 1 unspecified atom stereocenters. The summed E-state index contributed by atoms with van der Waals surface area (Å²) in [6.45, 7) is 10.5. The normalized spacial score (nSPS) is 19.0. The van der Waals surface area contributed by atoms with E-state index in [0.717, 1.165) is 55.2 Å². The van der Waals surface area contributed by atoms with E-state index in [9.17, 15) is 28.9 Å². The van der Waals surface area contributed by atoms with Gasteiger partial charge in [-0.3, -0.25) is 0 Å². The second kappa shape index (κ2) is 14.7. The largest absolute Gasteiger partial charge is 1.00 e. The molecule has 0 saturated heterocycles. The van der Waals surface area contributed by atoms with E-state index in [4.69, 9.17) is 0 Å². The van der Waals surface area contributed by atoms with Crippen molar-refractivity contribution in [3.05, 3.63) is 40.7 Å². The van der Waals surface area contributed by atoms with E-state index in [1.54, 1.807) is 13.0 Å². The van der Waals surface area contributed by atoms with Crippen LogP contribution in [0.4, 0.5) is 4.39 Å². The van der Waals surface area contributed by atoms with Crippen molar-refractivity contribution in [2.75, 3.05) is 12.3 Å². The Hall–Kier alpha value is -0.295. The number of carboxylic acid groups (broad SMARTS) is 1. The Morgan fingerprint density at radius 2 is 1.72 bits per heavy atom. The van der Waals surface area contributed by atoms with Crippen molar-refractivity contribution in [1.29, 1.82) is 0 Å². The molecule has 0 saturated carbocycles. The number of aliphatic hydroxyl groups is 1. The summed E-state index contributed by atoms with van der Waals surface area (Å²) in [5.41, 5.74) is 3.68. The number of aryl methyl sites for hydroxylation is 1. The first-order valence-electron chi connectivity index (χ1n) is 12.5. The summed E-state index contributed by atoms with van der Waals surface area (Å²) in [7, 11) is -4.02. The molecule has 0 radical (unpaired) electrons. The molecular weight excluding hydrogens is 468 g/mol. The third-order valence-corrected chi connectivity index (χ3v) is 10.1. The maximum absolute atomic E-state index is 14.1. The van der Waals surface area contributed by atoms with Crippen molar-refractivity contribution in [3.8, 4) is 0 Å². The zero-order valence-electron chi connectivity index (χ0n) is 23.3. The predicted molar refractivity (Wildman–Crippen MR) is 131 cm³/mol. The van der Waals surface area contributed by atoms with E-state index in [2.05, 4.69) is 27.7 Å². The van der Waals surface area contributed by atoms with Crippen LogP contribution in [0.15, 0.2) is 23.8 Å². The molecule has 0 spiro atoms. The Labute approximate surface area is 240 Å². The van der Waals surface area contributed by atoms with Gasteiger partial charge in [0.1, 0.15) is 5.82 Å². The zero-order chi connectivity index (χ0) is 25.7. The average molecular weight is 508 g/mol. The molecular formula is C27H40FLi2O5P. The molecule has 1 aromatic carbocycles. The molecule has 0 aliphatic heterocycles. The Balaban J connectivity index is 0.00000612. The van der Waals surface area contributed by atoms with Crippen LogP contribution >= 0.6 is 7.37 Å². The summed E-state index contributed by atoms with van der Waals surface area (Å²) in [6, 6.07) is 5.15. The topological polar surface area (TPSA) is 100 Å². The van der Waals surface area contributed by atoms with Gasteiger partial charge in [-0.25, -0.2) is 4.39 Å². The molecule has 9 heteroatoms. The van der Waals surface area contributed by atoms with Crippen LogP contribution < -0.4 is 47.7 Å². The van der Waals surface area contributed by atoms with Gasteiger partial charge in [-0.05, 0) is 84.9 Å². The van der Waals surface area contributed by atoms with Crippen molar-refractivity contribution in [2.45, 2.75) is 92.1 Å². The predicted octanol–water partition coefficient (Wildman–Crippen LogP) is -1.17. The monoisotopic (exact) mass is 508 g/mol. The fraction of sp³-hybridized carbons (Fsp3) is 0.667. The Kier molecular flexibility index (Phi) is 14.6. The van der Waals surface area contributed by atoms with Gasteiger partial charge in [0.05, 0.1) is 6.10 Å². The van der Waals surface area contributed by atoms with Crippen LogP contribution in [0.2, 0.25) is 0 Å². The van der Waals surface area contributed by atoms with Crippen LogP contribution in [0.25, 0.3) is 5.57 Å². The van der Waals surface area contributed by atoms with Gasteiger partial charge in [-0.15, -0.1) is 0 Å². The molecule has 0 aromatic heterocycles. The number of allylic oxidation sites excluding steroid dienone is 2. The van der Waals surface area contributed by atoms with E-state index in [-0.39, 0.29) is 60.5 Å². The summed E-state index contributed by atoms with van der Waals surface area (Å²) >= 11 is 0. The first-order chi connectivity index (χ1) is 15.9. The smallest absolute Gasteiger partial charge is 0.799 e. The number of halogens is 1. The second-order valence-corrected chi connectivity index (χ2v) is 12.6. The number of benzene rings is 1. The molecule has 1 aliphatic rings. The molecule has 1 aliphatic carbocycles. The van der Waals surface area contributed by atoms with Crippen LogP contribution in [-0.2, 0) is 9.36 Å². The summed E-state index contributed by atoms with van der Waals surface area (Å²) in [5, 5.41) is 20.6. The Morgan fingerprint density at radius 3 is 2.19 bits per heavy atom. The van der Waals surface area contributed by atoms with Crippen molar-refractivity contribution in [1.82, 2.24) is 0 Å². The minimum atomic E-state index is -4.02. The number of rotatable bonds is 12. The van der Waals surface area contributed by atoms with Gasteiger partial charge < -0.3 is 24.5 Å². The van der Waals surface area contributed by atoms with Crippen LogP contribution in [0, 0.1) is 23.6 Å². The van der Waals surface area contributed by atoms with Gasteiger partial charge in [0.25, 0.3) is 0 Å². The number of carbonyl (C=O) groups excluding carboxylic acids is 1. The van der Waals surface area contributed by atoms with Crippen molar-refractivity contribution >= 4 is 18.9 Å². The number of hydrogen-bond donors (Lipinski definition) is 1. The second-order valence-electron chi connectivity index (χ2n) is 10.2. The fourth-order valence-electron chi connectivity index (χ4n) is 5.84. The van der Waals surface area contributed by atoms with Gasteiger partial charge in [0.2, 0.25) is 0 Å². The number of aliphatic carboxylic acids is 1. The van der Waals surface area contributed by atoms with Gasteiger partial charge in [-0.2, -0.15) is 0 Å². The third-order valence-electron chi connectivity index (χ3n) is 8.22. The molecule has 36 heavy (non-hydrogen) atoms. The first-order valence-corrected chi connectivity index (χ1v) is 14.5. The molecule has 2 rings (SSSR count). The van der Waals surface area contributed by atoms with Gasteiger partial charge >= 0.3 is 37.7 Å². The standard InChI is InChI=1S/C27H42FO5P.2Li/c1-6-26(7-2)16-22(20-10-11-24(28)19(5)14-20)23(27(8-3,9-4)18-26)12-13-34(32,33)17-21(29)15-25(30)31;;/h10-11,14,21,29H,6-9,12-13,15-18H2,1-5H3,(H,30,31)(H,32,33);;/q;2*+1/p-2/t21-;;/m1../s1. The van der Waals surface area contributed by atoms with Gasteiger partial charge in [0.15, 0.2) is 0 Å². The maximum Gasteiger partial charge on any atom is 1.00 e. The minimum Gasteiger partial charge on any atom is -0.799 e. The average Bonchev–Trinajstić information content (AvgIpc) is 2.78. The third kappa shape index (κ3) is 8.61. The number of hydrogen-bond acceptors (Lipinski definition) is 5. The maximum atomic E-state index is 14.1. The summed E-state index contributed by atoms with van der Waals surface area (Å²) in [6.07, 6.45) is 3.03. The van der Waals surface area contributed by atoms with Crippen molar-refractivity contribution in [2.24, 2.45) is 10.8 Å². The van der Waals surface area contributed by atoms with Crippen LogP contribution in [0.5, 0.6) is 0 Å². The molecule has 5 nitrogen and oxygen atoms in total. The molecule has 0 bridgehead atoms. The van der Waals surface area contributed by atoms with Gasteiger partial charge in [0, 0.05) is 25.9 Å². The number of carboxylic acids is 1. The van der Waals surface area contributed by atoms with Gasteiger partial charge in [-0.1, -0.05) is 52.2 Å². The van der Waals surface area contributed by atoms with E-state index >= 15 is 0 Å². The number of aliphatic hydroxyl groups excluding tert-OH is 1. The molecule has 2 atom stereocenters. The van der Waals surface area contributed by atoms with E-state index < -0.39 is 32.0 Å². The zero-order valence-corrected chi connectivity index (χ0v) is 24.2. The quantitative estimate of drug-likeness (QED) is 0.284. The molecule has 192 valence electrons. The molecule has 1 aromatic rings. The van der Waals surface area contributed by atoms with E-state index in [1.807, 2.05) is 6.07 Å². The van der Waals surface area contributed by atoms with Crippen molar-refractivity contribution < 1.29 is 66.6 Å². The summed E-state index contributed by atoms with van der Waals surface area (Å²) in [5.74, 6) is -1.73. The summed E-state index contributed by atoms with van der Waals surface area (Å²) in [4.78, 5) is 23.6.